The number of aromatic nitrogens is 4. The van der Waals surface area contributed by atoms with Crippen LogP contribution in [0.15, 0.2) is 35.5 Å². The molecule has 8 heteroatoms. The van der Waals surface area contributed by atoms with Crippen LogP contribution in [0.1, 0.15) is 50.6 Å². The molecule has 148 valence electrons. The van der Waals surface area contributed by atoms with Crippen molar-refractivity contribution in [2.45, 2.75) is 51.2 Å². The lowest BCUT2D eigenvalue weighted by Gasteiger charge is -2.29. The van der Waals surface area contributed by atoms with Crippen LogP contribution in [0.3, 0.4) is 0 Å². The zero-order chi connectivity index (χ0) is 19.7. The summed E-state index contributed by atoms with van der Waals surface area (Å²) < 4.78 is 7.53. The first-order valence-electron chi connectivity index (χ1n) is 9.78. The van der Waals surface area contributed by atoms with Gasteiger partial charge in [0.25, 0.3) is 0 Å². The maximum absolute atomic E-state index is 13.2. The molecule has 0 bridgehead atoms. The van der Waals surface area contributed by atoms with Gasteiger partial charge >= 0.3 is 5.97 Å². The third kappa shape index (κ3) is 3.46. The fraction of sp³-hybridized carbons (Fsp3) is 0.500. The second-order valence-corrected chi connectivity index (χ2v) is 7.66. The Morgan fingerprint density at radius 2 is 1.89 bits per heavy atom. The van der Waals surface area contributed by atoms with Crippen molar-refractivity contribution in [3.8, 4) is 0 Å². The molecule has 1 saturated carbocycles. The highest BCUT2D eigenvalue weighted by molar-refractivity contribution is 5.92. The fourth-order valence-corrected chi connectivity index (χ4v) is 3.94. The van der Waals surface area contributed by atoms with Gasteiger partial charge in [-0.3, -0.25) is 0 Å². The SMILES string of the molecule is CC1=C(C(=O)OC2CCCCC2)[C@@H](c2ccc(N(C)C)cc2)n2nnnc2N1. The molecule has 1 N–H and O–H groups in total. The summed E-state index contributed by atoms with van der Waals surface area (Å²) in [6.45, 7) is 1.87. The third-order valence-electron chi connectivity index (χ3n) is 5.49. The van der Waals surface area contributed by atoms with Gasteiger partial charge in [0, 0.05) is 25.5 Å². The predicted octanol–water partition coefficient (Wildman–Crippen LogP) is 2.90. The Bertz CT molecular complexity index is 880. The lowest BCUT2D eigenvalue weighted by atomic mass is 9.94. The Labute approximate surface area is 164 Å². The van der Waals surface area contributed by atoms with Crippen LogP contribution < -0.4 is 10.2 Å². The van der Waals surface area contributed by atoms with Crippen molar-refractivity contribution in [2.24, 2.45) is 0 Å². The molecular formula is C20H26N6O2. The molecule has 1 atom stereocenters. The summed E-state index contributed by atoms with van der Waals surface area (Å²) in [5.74, 6) is 0.230. The third-order valence-corrected chi connectivity index (χ3v) is 5.49. The number of carbonyl (C=O) groups excluding carboxylic acids is 1. The average molecular weight is 382 g/mol. The summed E-state index contributed by atoms with van der Waals surface area (Å²) in [5.41, 5.74) is 3.31. The number of hydrogen-bond donors (Lipinski definition) is 1. The Hall–Kier alpha value is -2.90. The number of nitrogens with zero attached hydrogens (tertiary/aromatic N) is 5. The predicted molar refractivity (Wildman–Crippen MR) is 106 cm³/mol. The van der Waals surface area contributed by atoms with E-state index in [-0.39, 0.29) is 12.1 Å². The number of allylic oxidation sites excluding steroid dienone is 1. The van der Waals surface area contributed by atoms with E-state index < -0.39 is 6.04 Å². The van der Waals surface area contributed by atoms with Crippen molar-refractivity contribution >= 4 is 17.6 Å². The number of benzene rings is 1. The van der Waals surface area contributed by atoms with Gasteiger partial charge in [-0.25, -0.2) is 4.79 Å². The summed E-state index contributed by atoms with van der Waals surface area (Å²) in [6, 6.07) is 7.66. The molecule has 2 aliphatic rings. The van der Waals surface area contributed by atoms with Crippen molar-refractivity contribution in [1.82, 2.24) is 20.2 Å². The number of rotatable bonds is 4. The van der Waals surface area contributed by atoms with Gasteiger partial charge in [-0.2, -0.15) is 4.68 Å². The van der Waals surface area contributed by atoms with Gasteiger partial charge in [0.15, 0.2) is 0 Å². The van der Waals surface area contributed by atoms with Crippen molar-refractivity contribution in [3.63, 3.8) is 0 Å². The number of hydrogen-bond acceptors (Lipinski definition) is 7. The largest absolute Gasteiger partial charge is 0.459 e. The topological polar surface area (TPSA) is 85.2 Å². The van der Waals surface area contributed by atoms with Gasteiger partial charge in [-0.1, -0.05) is 23.7 Å². The average Bonchev–Trinajstić information content (AvgIpc) is 3.15. The molecule has 0 spiro atoms. The highest BCUT2D eigenvalue weighted by Crippen LogP contribution is 2.36. The molecule has 0 amide bonds. The molecule has 2 heterocycles. The van der Waals surface area contributed by atoms with Gasteiger partial charge in [0.05, 0.1) is 5.57 Å². The maximum Gasteiger partial charge on any atom is 0.338 e. The molecule has 1 aliphatic carbocycles. The van der Waals surface area contributed by atoms with E-state index in [4.69, 9.17) is 4.74 Å². The highest BCUT2D eigenvalue weighted by Gasteiger charge is 2.36. The van der Waals surface area contributed by atoms with Crippen LogP contribution in [0.25, 0.3) is 0 Å². The van der Waals surface area contributed by atoms with Crippen LogP contribution >= 0.6 is 0 Å². The van der Waals surface area contributed by atoms with Crippen LogP contribution in [0.4, 0.5) is 11.6 Å². The molecule has 0 unspecified atom stereocenters. The van der Waals surface area contributed by atoms with E-state index in [0.29, 0.717) is 11.5 Å². The van der Waals surface area contributed by atoms with Crippen molar-refractivity contribution in [3.05, 3.63) is 41.1 Å². The van der Waals surface area contributed by atoms with Crippen LogP contribution in [-0.4, -0.2) is 46.4 Å². The molecular weight excluding hydrogens is 356 g/mol. The van der Waals surface area contributed by atoms with Crippen LogP contribution in [0, 0.1) is 0 Å². The Morgan fingerprint density at radius 3 is 2.57 bits per heavy atom. The summed E-state index contributed by atoms with van der Waals surface area (Å²) in [4.78, 5) is 15.2. The number of esters is 1. The normalized spacial score (nSPS) is 19.8. The summed E-state index contributed by atoms with van der Waals surface area (Å²) in [5, 5.41) is 15.1. The number of carbonyl (C=O) groups is 1. The Morgan fingerprint density at radius 1 is 1.18 bits per heavy atom. The second kappa shape index (κ2) is 7.61. The standard InChI is InChI=1S/C20H26N6O2/c1-13-17(19(27)28-16-7-5-4-6-8-16)18(26-20(21-13)22-23-24-26)14-9-11-15(12-10-14)25(2)3/h9-12,16,18H,4-8H2,1-3H3,(H,21,22,24)/t18-/m1/s1. The Kier molecular flexibility index (Phi) is 5.02. The quantitative estimate of drug-likeness (QED) is 0.814. The molecule has 0 radical (unpaired) electrons. The van der Waals surface area contributed by atoms with Gasteiger partial charge < -0.3 is 15.0 Å². The first-order valence-corrected chi connectivity index (χ1v) is 9.78. The van der Waals surface area contributed by atoms with E-state index in [9.17, 15) is 4.79 Å². The molecule has 2 aromatic rings. The minimum Gasteiger partial charge on any atom is -0.459 e. The molecule has 28 heavy (non-hydrogen) atoms. The molecule has 1 fully saturated rings. The van der Waals surface area contributed by atoms with E-state index in [2.05, 4.69) is 20.8 Å². The van der Waals surface area contributed by atoms with Gasteiger partial charge in [0.1, 0.15) is 12.1 Å². The van der Waals surface area contributed by atoms with Gasteiger partial charge in [-0.05, 0) is 60.7 Å². The molecule has 1 aromatic heterocycles. The summed E-state index contributed by atoms with van der Waals surface area (Å²) in [6.07, 6.45) is 5.30. The van der Waals surface area contributed by atoms with Crippen LogP contribution in [0.5, 0.6) is 0 Å². The number of anilines is 2. The first-order chi connectivity index (χ1) is 13.5. The van der Waals surface area contributed by atoms with E-state index in [1.54, 1.807) is 4.68 Å². The molecule has 1 aliphatic heterocycles. The van der Waals surface area contributed by atoms with E-state index >= 15 is 0 Å². The number of nitrogens with one attached hydrogen (secondary N) is 1. The van der Waals surface area contributed by atoms with Crippen LogP contribution in [-0.2, 0) is 9.53 Å². The highest BCUT2D eigenvalue weighted by atomic mass is 16.5. The minimum atomic E-state index is -0.418. The molecule has 1 aromatic carbocycles. The molecule has 0 saturated heterocycles. The van der Waals surface area contributed by atoms with Crippen molar-refractivity contribution < 1.29 is 9.53 Å². The molecule has 4 rings (SSSR count). The van der Waals surface area contributed by atoms with Crippen molar-refractivity contribution in [2.75, 3.05) is 24.3 Å². The number of fused-ring (bicyclic) bond motifs is 1. The molecule has 8 nitrogen and oxygen atoms in total. The Balaban J connectivity index is 1.68. The monoisotopic (exact) mass is 382 g/mol. The fourth-order valence-electron chi connectivity index (χ4n) is 3.94. The minimum absolute atomic E-state index is 0.00594. The van der Waals surface area contributed by atoms with E-state index in [1.807, 2.05) is 50.2 Å². The zero-order valence-corrected chi connectivity index (χ0v) is 16.6. The van der Waals surface area contributed by atoms with Crippen LogP contribution in [0.2, 0.25) is 0 Å². The van der Waals surface area contributed by atoms with Gasteiger partial charge in [0.2, 0.25) is 5.95 Å². The van der Waals surface area contributed by atoms with E-state index in [0.717, 1.165) is 42.6 Å². The summed E-state index contributed by atoms with van der Waals surface area (Å²) in [7, 11) is 3.99. The smallest absolute Gasteiger partial charge is 0.338 e. The maximum atomic E-state index is 13.2. The van der Waals surface area contributed by atoms with E-state index in [1.165, 1.54) is 6.42 Å². The first kappa shape index (κ1) is 18.5. The van der Waals surface area contributed by atoms with Gasteiger partial charge in [-0.15, -0.1) is 0 Å². The lowest BCUT2D eigenvalue weighted by molar-refractivity contribution is -0.146. The summed E-state index contributed by atoms with van der Waals surface area (Å²) >= 11 is 0. The number of ether oxygens (including phenoxy) is 1. The van der Waals surface area contributed by atoms with Crippen molar-refractivity contribution in [1.29, 1.82) is 0 Å². The number of tetrazole rings is 1. The zero-order valence-electron chi connectivity index (χ0n) is 16.6. The lowest BCUT2D eigenvalue weighted by Crippen LogP contribution is -2.32. The second-order valence-electron chi connectivity index (χ2n) is 7.66.